The van der Waals surface area contributed by atoms with Crippen LogP contribution in [0.4, 0.5) is 33.6 Å². The number of aromatic hydroxyl groups is 1. The van der Waals surface area contributed by atoms with Gasteiger partial charge in [0.2, 0.25) is 11.0 Å². The van der Waals surface area contributed by atoms with Gasteiger partial charge in [0.05, 0.1) is 55.9 Å². The number of primary amides is 1. The monoisotopic (exact) mass is 1200 g/mol. The largest absolute Gasteiger partial charge is 0.493 e. The fourth-order valence-corrected chi connectivity index (χ4v) is 12.1. The lowest BCUT2D eigenvalue weighted by molar-refractivity contribution is 0.100. The highest BCUT2D eigenvalue weighted by Crippen LogP contribution is 2.46. The molecule has 8 aromatic rings. The number of azo groups is 3. The van der Waals surface area contributed by atoms with Gasteiger partial charge in [-0.05, 0) is 92.3 Å². The van der Waals surface area contributed by atoms with Crippen LogP contribution in [0.25, 0.3) is 37.7 Å². The van der Waals surface area contributed by atoms with E-state index in [1.807, 2.05) is 0 Å². The fourth-order valence-electron chi connectivity index (χ4n) is 7.56. The van der Waals surface area contributed by atoms with Gasteiger partial charge in [-0.15, -0.1) is 42.4 Å². The molecule has 33 heteroatoms. The third-order valence-corrected chi connectivity index (χ3v) is 16.7. The summed E-state index contributed by atoms with van der Waals surface area (Å²) in [5.41, 5.74) is 6.17. The standard InChI is InChI=1S/C45H39ClN10O16S6/c1-3-12-71-34-21-31(52-54-39-23(2)38(42(47)57)43-48-28-8-4-5-9-33(28)56(43)44(39)58)35(72-13-6-15-75(59,60)61)20-30(34)51-53-32-19-27(46)29(22-36(32)73-14-7-16-76(62,63)64)50-55-45-49-40-37(78(68,69)70)17-24-10-11-25(77(65,66)67)18-26(24)41(40)74-45/h1,4-5,8-11,17-22,58H,3,6-7,12-16H2,2H3,(H2,47,57)(H,59,60,61)(H,62,63,64)(H,65,66,67)(H,68,69,70). The number of benzene rings is 5. The van der Waals surface area contributed by atoms with Crippen LogP contribution in [0.2, 0.25) is 5.02 Å². The molecule has 0 unspecified atom stereocenters. The first kappa shape index (κ1) is 57.3. The van der Waals surface area contributed by atoms with Gasteiger partial charge in [0.15, 0.2) is 5.65 Å². The number of halogens is 1. The van der Waals surface area contributed by atoms with Gasteiger partial charge >= 0.3 is 0 Å². The quantitative estimate of drug-likeness (QED) is 0.0159. The molecule has 0 saturated heterocycles. The second kappa shape index (κ2) is 22.9. The molecule has 0 fully saturated rings. The van der Waals surface area contributed by atoms with Gasteiger partial charge in [-0.25, -0.2) is 9.97 Å². The molecule has 0 aliphatic rings. The van der Waals surface area contributed by atoms with E-state index in [2.05, 4.69) is 40.7 Å². The highest BCUT2D eigenvalue weighted by atomic mass is 35.5. The van der Waals surface area contributed by atoms with Gasteiger partial charge in [-0.1, -0.05) is 41.1 Å². The minimum Gasteiger partial charge on any atom is -0.493 e. The van der Waals surface area contributed by atoms with Crippen LogP contribution in [-0.2, 0) is 40.5 Å². The summed E-state index contributed by atoms with van der Waals surface area (Å²) in [6.07, 6.45) is -0.249. The Balaban J connectivity index is 1.21. The van der Waals surface area contributed by atoms with Crippen LogP contribution < -0.4 is 15.2 Å². The number of hydrogen-bond donors (Lipinski definition) is 6. The molecular weight excluding hydrogens is 1160 g/mol. The normalized spacial score (nSPS) is 12.9. The number of hydrogen-bond acceptors (Lipinski definition) is 22. The zero-order chi connectivity index (χ0) is 56.5. The summed E-state index contributed by atoms with van der Waals surface area (Å²) >= 11 is 8.53. The maximum atomic E-state index is 12.8. The number of imidazole rings is 1. The Bertz CT molecular complexity index is 4310. The van der Waals surface area contributed by atoms with E-state index in [0.29, 0.717) is 11.0 Å². The van der Waals surface area contributed by atoms with Crippen molar-refractivity contribution in [2.45, 2.75) is 40.9 Å². The van der Waals surface area contributed by atoms with E-state index < -0.39 is 73.6 Å². The van der Waals surface area contributed by atoms with Crippen molar-refractivity contribution in [3.8, 4) is 17.4 Å². The summed E-state index contributed by atoms with van der Waals surface area (Å²) in [6, 6.07) is 16.5. The molecule has 0 bridgehead atoms. The number of amides is 1. The molecule has 26 nitrogen and oxygen atoms in total. The first-order valence-electron chi connectivity index (χ1n) is 22.2. The molecule has 8 rings (SSSR count). The molecule has 2 radical (unpaired) electrons. The Morgan fingerprint density at radius 3 is 2.06 bits per heavy atom. The molecular formula is C45H39ClN10O16S6. The van der Waals surface area contributed by atoms with Gasteiger partial charge < -0.3 is 20.3 Å². The molecule has 1 amide bonds. The first-order chi connectivity index (χ1) is 36.7. The molecule has 3 heterocycles. The molecule has 0 aliphatic carbocycles. The highest BCUT2D eigenvalue weighted by molar-refractivity contribution is 7.99. The number of rotatable bonds is 22. The van der Waals surface area contributed by atoms with E-state index in [-0.39, 0.29) is 131 Å². The zero-order valence-electron chi connectivity index (χ0n) is 39.8. The Labute approximate surface area is 456 Å². The predicted octanol–water partition coefficient (Wildman–Crippen LogP) is 10.3. The lowest BCUT2D eigenvalue weighted by atomic mass is 10.1. The second-order valence-corrected chi connectivity index (χ2v) is 24.9. The number of ether oxygens (including phenoxy) is 2. The van der Waals surface area contributed by atoms with Crippen molar-refractivity contribution in [3.05, 3.63) is 95.9 Å². The molecule has 5 aromatic carbocycles. The minimum absolute atomic E-state index is 0.00338. The van der Waals surface area contributed by atoms with Gasteiger partial charge in [0.1, 0.15) is 50.3 Å². The number of pyridine rings is 1. The highest BCUT2D eigenvalue weighted by Gasteiger charge is 2.26. The second-order valence-electron chi connectivity index (χ2n) is 16.5. The SMILES string of the molecule is [CH]CCOc1cc(N=Nc2c(C)c(C(N)=O)c3nc4ccccc4n3c2O)c(OCCCS(=O)(=O)O)cc1N=Nc1cc(Cl)c(N=Nc2nc3c(S(=O)(=O)O)cc4ccc(S(=O)(=O)O)cc4c3s2)cc1SCCCS(=O)(=O)O. The van der Waals surface area contributed by atoms with Crippen molar-refractivity contribution >= 4 is 152 Å². The molecule has 0 aliphatic heterocycles. The van der Waals surface area contributed by atoms with Crippen LogP contribution in [0.3, 0.4) is 0 Å². The third-order valence-electron chi connectivity index (χ3n) is 11.0. The smallest absolute Gasteiger partial charge is 0.296 e. The number of fused-ring (bicyclic) bond motifs is 6. The van der Waals surface area contributed by atoms with Crippen molar-refractivity contribution in [2.24, 2.45) is 36.4 Å². The maximum Gasteiger partial charge on any atom is 0.296 e. The van der Waals surface area contributed by atoms with E-state index in [9.17, 15) is 61.8 Å². The molecule has 408 valence electrons. The van der Waals surface area contributed by atoms with E-state index in [1.54, 1.807) is 24.3 Å². The van der Waals surface area contributed by atoms with Gasteiger partial charge in [0.25, 0.3) is 46.4 Å². The predicted molar refractivity (Wildman–Crippen MR) is 287 cm³/mol. The Kier molecular flexibility index (Phi) is 16.8. The van der Waals surface area contributed by atoms with Crippen LogP contribution in [0.15, 0.2) is 118 Å². The van der Waals surface area contributed by atoms with Crippen LogP contribution in [0.5, 0.6) is 17.4 Å². The van der Waals surface area contributed by atoms with Gasteiger partial charge in [0, 0.05) is 22.4 Å². The zero-order valence-corrected chi connectivity index (χ0v) is 45.5. The van der Waals surface area contributed by atoms with E-state index in [4.69, 9.17) is 33.7 Å². The molecule has 7 N–H and O–H groups in total. The summed E-state index contributed by atoms with van der Waals surface area (Å²) in [5.74, 6) is -2.66. The number of nitrogens with zero attached hydrogens (tertiary/aromatic N) is 9. The lowest BCUT2D eigenvalue weighted by Crippen LogP contribution is -2.15. The Morgan fingerprint density at radius 1 is 0.769 bits per heavy atom. The number of nitrogens with two attached hydrogens (primary N) is 1. The average Bonchev–Trinajstić information content (AvgIpc) is 4.19. The van der Waals surface area contributed by atoms with E-state index >= 15 is 0 Å². The molecule has 78 heavy (non-hydrogen) atoms. The first-order valence-corrected chi connectivity index (χ1v) is 30.5. The van der Waals surface area contributed by atoms with E-state index in [0.717, 1.165) is 41.3 Å². The Hall–Kier alpha value is -6.85. The van der Waals surface area contributed by atoms with Crippen LogP contribution in [0.1, 0.15) is 35.2 Å². The lowest BCUT2D eigenvalue weighted by Gasteiger charge is -2.14. The summed E-state index contributed by atoms with van der Waals surface area (Å²) in [6.45, 7) is 6.87. The van der Waals surface area contributed by atoms with Crippen LogP contribution >= 0.6 is 34.7 Å². The van der Waals surface area contributed by atoms with Crippen molar-refractivity contribution in [1.82, 2.24) is 14.4 Å². The van der Waals surface area contributed by atoms with Crippen LogP contribution in [-0.4, -0.2) is 108 Å². The average molecular weight is 1200 g/mol. The summed E-state index contributed by atoms with van der Waals surface area (Å²) in [5, 5.41) is 37.4. The van der Waals surface area contributed by atoms with Crippen molar-refractivity contribution < 1.29 is 71.3 Å². The molecule has 0 saturated carbocycles. The van der Waals surface area contributed by atoms with Gasteiger partial charge in [-0.2, -0.15) is 33.7 Å². The fraction of sp³-hybridized carbons (Fsp3) is 0.200. The minimum atomic E-state index is -4.90. The number of aromatic nitrogens is 3. The Morgan fingerprint density at radius 2 is 1.41 bits per heavy atom. The summed E-state index contributed by atoms with van der Waals surface area (Å²) in [7, 11) is -18.4. The topological polar surface area (TPSA) is 404 Å². The van der Waals surface area contributed by atoms with Crippen molar-refractivity contribution in [3.63, 3.8) is 0 Å². The van der Waals surface area contributed by atoms with Crippen LogP contribution in [0, 0.1) is 13.8 Å². The van der Waals surface area contributed by atoms with Crippen molar-refractivity contribution in [1.29, 1.82) is 0 Å². The number of thiazole rings is 1. The molecule has 0 spiro atoms. The molecule has 0 atom stereocenters. The number of para-hydroxylation sites is 2. The summed E-state index contributed by atoms with van der Waals surface area (Å²) in [4.78, 5) is 20.7. The number of carbonyl (C=O) groups excluding carboxylic acids is 1. The molecule has 3 aromatic heterocycles. The van der Waals surface area contributed by atoms with E-state index in [1.165, 1.54) is 41.7 Å². The number of thioether (sulfide) groups is 1. The number of carbonyl (C=O) groups is 1. The summed E-state index contributed by atoms with van der Waals surface area (Å²) < 4.78 is 147. The maximum absolute atomic E-state index is 12.8. The van der Waals surface area contributed by atoms with Crippen molar-refractivity contribution in [2.75, 3.05) is 30.5 Å². The van der Waals surface area contributed by atoms with Gasteiger partial charge in [-0.3, -0.25) is 27.4 Å². The third kappa shape index (κ3) is 13.2.